The molecule has 1 N–H and O–H groups in total. The van der Waals surface area contributed by atoms with Gasteiger partial charge in [0, 0.05) is 24.2 Å². The smallest absolute Gasteiger partial charge is 0.255 e. The molecule has 1 aliphatic carbocycles. The molecule has 1 aromatic carbocycles. The van der Waals surface area contributed by atoms with E-state index in [1.54, 1.807) is 18.2 Å². The quantitative estimate of drug-likeness (QED) is 0.876. The van der Waals surface area contributed by atoms with Crippen molar-refractivity contribution >= 4 is 41.5 Å². The number of halogens is 3. The zero-order chi connectivity index (χ0) is 14.8. The van der Waals surface area contributed by atoms with Crippen LogP contribution in [0.3, 0.4) is 0 Å². The molecule has 0 unspecified atom stereocenters. The first-order valence-corrected chi connectivity index (χ1v) is 8.37. The Balaban J connectivity index is 0.00000176. The van der Waals surface area contributed by atoms with Crippen LogP contribution < -0.4 is 5.32 Å². The number of nitrogens with one attached hydrogen (secondary N) is 1. The van der Waals surface area contributed by atoms with Crippen molar-refractivity contribution in [2.24, 2.45) is 5.92 Å². The van der Waals surface area contributed by atoms with Crippen LogP contribution in [-0.2, 0) is 0 Å². The summed E-state index contributed by atoms with van der Waals surface area (Å²) >= 11 is 12.0. The number of hydrogen-bond donors (Lipinski definition) is 1. The van der Waals surface area contributed by atoms with Gasteiger partial charge >= 0.3 is 0 Å². The Hall–Kier alpha value is -0.480. The molecule has 3 nitrogen and oxygen atoms in total. The number of hydrogen-bond acceptors (Lipinski definition) is 2. The molecule has 1 saturated carbocycles. The molecular formula is C16H21Cl3N2O. The standard InChI is InChI=1S/C16H20Cl2N2O.ClH/c17-12-3-4-14(15(18)9-12)16(21)20-7-5-13(6-8-20)19-10-11-1-2-11;/h3-4,9,11,13,19H,1-2,5-8,10H2;1H. The molecule has 0 spiro atoms. The zero-order valence-corrected chi connectivity index (χ0v) is 14.7. The van der Waals surface area contributed by atoms with Crippen molar-refractivity contribution in [1.29, 1.82) is 0 Å². The minimum atomic E-state index is 0. The number of carbonyl (C=O) groups is 1. The van der Waals surface area contributed by atoms with Gasteiger partial charge in [-0.3, -0.25) is 4.79 Å². The maximum absolute atomic E-state index is 12.5. The van der Waals surface area contributed by atoms with Gasteiger partial charge in [-0.1, -0.05) is 23.2 Å². The van der Waals surface area contributed by atoms with E-state index in [1.165, 1.54) is 12.8 Å². The van der Waals surface area contributed by atoms with Crippen LogP contribution in [-0.4, -0.2) is 36.5 Å². The highest BCUT2D eigenvalue weighted by atomic mass is 35.5. The lowest BCUT2D eigenvalue weighted by molar-refractivity contribution is 0.0705. The fraction of sp³-hybridized carbons (Fsp3) is 0.562. The minimum Gasteiger partial charge on any atom is -0.338 e. The molecule has 122 valence electrons. The van der Waals surface area contributed by atoms with E-state index in [4.69, 9.17) is 23.2 Å². The summed E-state index contributed by atoms with van der Waals surface area (Å²) in [6, 6.07) is 5.60. The van der Waals surface area contributed by atoms with Crippen molar-refractivity contribution in [1.82, 2.24) is 10.2 Å². The Kier molecular flexibility index (Phi) is 6.39. The summed E-state index contributed by atoms with van der Waals surface area (Å²) in [4.78, 5) is 14.4. The molecule has 0 atom stereocenters. The fourth-order valence-corrected chi connectivity index (χ4v) is 3.26. The van der Waals surface area contributed by atoms with Gasteiger partial charge < -0.3 is 10.2 Å². The lowest BCUT2D eigenvalue weighted by Gasteiger charge is -2.32. The summed E-state index contributed by atoms with van der Waals surface area (Å²) in [5, 5.41) is 4.61. The molecule has 2 fully saturated rings. The summed E-state index contributed by atoms with van der Waals surface area (Å²) in [7, 11) is 0. The molecule has 0 radical (unpaired) electrons. The molecule has 22 heavy (non-hydrogen) atoms. The molecule has 0 aromatic heterocycles. The molecular weight excluding hydrogens is 343 g/mol. The number of benzene rings is 1. The lowest BCUT2D eigenvalue weighted by atomic mass is 10.0. The summed E-state index contributed by atoms with van der Waals surface area (Å²) in [6.45, 7) is 2.72. The topological polar surface area (TPSA) is 32.3 Å². The Bertz CT molecular complexity index is 526. The van der Waals surface area contributed by atoms with Crippen molar-refractivity contribution in [3.05, 3.63) is 33.8 Å². The van der Waals surface area contributed by atoms with E-state index < -0.39 is 0 Å². The SMILES string of the molecule is Cl.O=C(c1ccc(Cl)cc1Cl)N1CCC(NCC2CC2)CC1. The summed E-state index contributed by atoms with van der Waals surface area (Å²) < 4.78 is 0. The third-order valence-electron chi connectivity index (χ3n) is 4.34. The van der Waals surface area contributed by atoms with Gasteiger partial charge in [0.1, 0.15) is 0 Å². The largest absolute Gasteiger partial charge is 0.338 e. The number of carbonyl (C=O) groups excluding carboxylic acids is 1. The predicted molar refractivity (Wildman–Crippen MR) is 93.4 cm³/mol. The van der Waals surface area contributed by atoms with Gasteiger partial charge in [-0.15, -0.1) is 12.4 Å². The zero-order valence-electron chi connectivity index (χ0n) is 12.4. The van der Waals surface area contributed by atoms with E-state index in [1.807, 2.05) is 4.90 Å². The first kappa shape index (κ1) is 17.9. The van der Waals surface area contributed by atoms with E-state index in [-0.39, 0.29) is 18.3 Å². The second kappa shape index (κ2) is 7.87. The highest BCUT2D eigenvalue weighted by Crippen LogP contribution is 2.28. The van der Waals surface area contributed by atoms with E-state index in [0.717, 1.165) is 38.4 Å². The number of nitrogens with zero attached hydrogens (tertiary/aromatic N) is 1. The summed E-state index contributed by atoms with van der Waals surface area (Å²) in [6.07, 6.45) is 4.78. The number of piperidine rings is 1. The van der Waals surface area contributed by atoms with Crippen LogP contribution >= 0.6 is 35.6 Å². The molecule has 1 aliphatic heterocycles. The number of rotatable bonds is 4. The van der Waals surface area contributed by atoms with Crippen LogP contribution in [0.25, 0.3) is 0 Å². The highest BCUT2D eigenvalue weighted by molar-refractivity contribution is 6.36. The van der Waals surface area contributed by atoms with Crippen LogP contribution in [0.15, 0.2) is 18.2 Å². The van der Waals surface area contributed by atoms with E-state index >= 15 is 0 Å². The Morgan fingerprint density at radius 3 is 2.45 bits per heavy atom. The number of likely N-dealkylation sites (tertiary alicyclic amines) is 1. The van der Waals surface area contributed by atoms with Crippen molar-refractivity contribution in [2.75, 3.05) is 19.6 Å². The van der Waals surface area contributed by atoms with Crippen molar-refractivity contribution in [3.63, 3.8) is 0 Å². The summed E-state index contributed by atoms with van der Waals surface area (Å²) in [5.74, 6) is 0.912. The van der Waals surface area contributed by atoms with Crippen molar-refractivity contribution in [2.45, 2.75) is 31.7 Å². The first-order valence-electron chi connectivity index (χ1n) is 7.61. The molecule has 2 aliphatic rings. The van der Waals surface area contributed by atoms with Gasteiger partial charge in [-0.05, 0) is 56.3 Å². The van der Waals surface area contributed by atoms with Crippen molar-refractivity contribution < 1.29 is 4.79 Å². The molecule has 1 saturated heterocycles. The van der Waals surface area contributed by atoms with Crippen LogP contribution in [0.4, 0.5) is 0 Å². The van der Waals surface area contributed by atoms with Crippen LogP contribution in [0.2, 0.25) is 10.0 Å². The normalized spacial score (nSPS) is 18.9. The second-order valence-corrected chi connectivity index (χ2v) is 6.89. The summed E-state index contributed by atoms with van der Waals surface area (Å²) in [5.41, 5.74) is 0.547. The molecule has 1 aromatic rings. The van der Waals surface area contributed by atoms with Crippen LogP contribution in [0, 0.1) is 5.92 Å². The Morgan fingerprint density at radius 2 is 1.86 bits per heavy atom. The third kappa shape index (κ3) is 4.51. The third-order valence-corrected chi connectivity index (χ3v) is 4.88. The minimum absolute atomic E-state index is 0. The van der Waals surface area contributed by atoms with Gasteiger partial charge in [0.15, 0.2) is 0 Å². The average Bonchev–Trinajstić information content (AvgIpc) is 3.29. The van der Waals surface area contributed by atoms with Crippen LogP contribution in [0.1, 0.15) is 36.0 Å². The molecule has 3 rings (SSSR count). The molecule has 1 amide bonds. The van der Waals surface area contributed by atoms with Crippen molar-refractivity contribution in [3.8, 4) is 0 Å². The van der Waals surface area contributed by atoms with Crippen LogP contribution in [0.5, 0.6) is 0 Å². The molecule has 1 heterocycles. The fourth-order valence-electron chi connectivity index (χ4n) is 2.78. The Morgan fingerprint density at radius 1 is 1.18 bits per heavy atom. The number of amides is 1. The van der Waals surface area contributed by atoms with Gasteiger partial charge in [0.05, 0.1) is 10.6 Å². The maximum atomic E-state index is 12.5. The van der Waals surface area contributed by atoms with Gasteiger partial charge in [0.25, 0.3) is 5.91 Å². The second-order valence-electron chi connectivity index (χ2n) is 6.04. The lowest BCUT2D eigenvalue weighted by Crippen LogP contribution is -2.45. The molecule has 6 heteroatoms. The predicted octanol–water partition coefficient (Wildman–Crippen LogP) is 4.02. The van der Waals surface area contributed by atoms with Gasteiger partial charge in [0.2, 0.25) is 0 Å². The average molecular weight is 364 g/mol. The van der Waals surface area contributed by atoms with E-state index in [9.17, 15) is 4.79 Å². The maximum Gasteiger partial charge on any atom is 0.255 e. The Labute approximate surface area is 147 Å². The first-order chi connectivity index (χ1) is 10.1. The van der Waals surface area contributed by atoms with Gasteiger partial charge in [-0.25, -0.2) is 0 Å². The van der Waals surface area contributed by atoms with Gasteiger partial charge in [-0.2, -0.15) is 0 Å². The highest BCUT2D eigenvalue weighted by Gasteiger charge is 2.27. The van der Waals surface area contributed by atoms with E-state index in [2.05, 4.69) is 5.32 Å². The van der Waals surface area contributed by atoms with E-state index in [0.29, 0.717) is 21.7 Å². The monoisotopic (exact) mass is 362 g/mol. The molecule has 0 bridgehead atoms.